The molecule has 0 aliphatic carbocycles. The van der Waals surface area contributed by atoms with Crippen LogP contribution in [0.2, 0.25) is 5.02 Å². The summed E-state index contributed by atoms with van der Waals surface area (Å²) < 4.78 is 12.0. The Morgan fingerprint density at radius 3 is 2.58 bits per heavy atom. The fourth-order valence-corrected chi connectivity index (χ4v) is 3.64. The molecule has 0 fully saturated rings. The summed E-state index contributed by atoms with van der Waals surface area (Å²) in [5.74, 6) is 2.47. The molecule has 0 atom stereocenters. The molecule has 2 N–H and O–H groups in total. The van der Waals surface area contributed by atoms with E-state index in [9.17, 15) is 0 Å². The standard InChI is InChI=1S/C25H26ClN3O2/c1-2-30-23-13-7-9-18(25(23)31-17-19-8-3-4-10-20(19)26)16-27-15-14-24-28-21-11-5-6-12-22(21)29-24/h3-13,27H,2,14-17H2,1H3,(H,28,29). The number of hydrogen-bond acceptors (Lipinski definition) is 4. The van der Waals surface area contributed by atoms with Gasteiger partial charge in [-0.2, -0.15) is 0 Å². The third-order valence-electron chi connectivity index (χ3n) is 4.98. The highest BCUT2D eigenvalue weighted by Crippen LogP contribution is 2.32. The summed E-state index contributed by atoms with van der Waals surface area (Å²) in [5.41, 5.74) is 4.05. The maximum atomic E-state index is 6.29. The Morgan fingerprint density at radius 2 is 1.74 bits per heavy atom. The van der Waals surface area contributed by atoms with Crippen LogP contribution in [0, 0.1) is 0 Å². The molecule has 4 rings (SSSR count). The molecule has 31 heavy (non-hydrogen) atoms. The van der Waals surface area contributed by atoms with E-state index in [2.05, 4.69) is 21.4 Å². The molecule has 4 aromatic rings. The molecule has 0 aliphatic rings. The summed E-state index contributed by atoms with van der Waals surface area (Å²) in [7, 11) is 0. The van der Waals surface area contributed by atoms with Crippen LogP contribution in [-0.2, 0) is 19.6 Å². The first-order valence-corrected chi connectivity index (χ1v) is 10.9. The molecule has 1 aromatic heterocycles. The molecule has 0 amide bonds. The molecule has 0 saturated carbocycles. The second kappa shape index (κ2) is 10.3. The predicted octanol–water partition coefficient (Wildman–Crippen LogP) is 5.53. The van der Waals surface area contributed by atoms with Gasteiger partial charge in [-0.25, -0.2) is 4.98 Å². The highest BCUT2D eigenvalue weighted by atomic mass is 35.5. The van der Waals surface area contributed by atoms with Crippen molar-refractivity contribution in [2.45, 2.75) is 26.5 Å². The Kier molecular flexibility index (Phi) is 7.07. The summed E-state index contributed by atoms with van der Waals surface area (Å²) in [5, 5.41) is 4.19. The number of halogens is 1. The monoisotopic (exact) mass is 435 g/mol. The largest absolute Gasteiger partial charge is 0.490 e. The minimum Gasteiger partial charge on any atom is -0.490 e. The van der Waals surface area contributed by atoms with Crippen LogP contribution in [0.4, 0.5) is 0 Å². The molecule has 1 heterocycles. The first-order valence-electron chi connectivity index (χ1n) is 10.5. The lowest BCUT2D eigenvalue weighted by Crippen LogP contribution is -2.18. The number of ether oxygens (including phenoxy) is 2. The molecular formula is C25H26ClN3O2. The first-order chi connectivity index (χ1) is 15.2. The van der Waals surface area contributed by atoms with E-state index in [-0.39, 0.29) is 0 Å². The second-order valence-electron chi connectivity index (χ2n) is 7.18. The molecular weight excluding hydrogens is 410 g/mol. The van der Waals surface area contributed by atoms with E-state index in [1.807, 2.05) is 67.6 Å². The number of H-pyrrole nitrogens is 1. The van der Waals surface area contributed by atoms with Gasteiger partial charge in [-0.15, -0.1) is 0 Å². The van der Waals surface area contributed by atoms with E-state index in [0.717, 1.165) is 52.4 Å². The number of benzene rings is 3. The summed E-state index contributed by atoms with van der Waals surface area (Å²) >= 11 is 6.29. The van der Waals surface area contributed by atoms with Crippen LogP contribution in [0.3, 0.4) is 0 Å². The Balaban J connectivity index is 1.40. The minimum atomic E-state index is 0.385. The second-order valence-corrected chi connectivity index (χ2v) is 7.59. The maximum Gasteiger partial charge on any atom is 0.166 e. The molecule has 0 spiro atoms. The molecule has 3 aromatic carbocycles. The van der Waals surface area contributed by atoms with Crippen molar-refractivity contribution in [1.29, 1.82) is 0 Å². The van der Waals surface area contributed by atoms with Crippen LogP contribution in [0.1, 0.15) is 23.9 Å². The van der Waals surface area contributed by atoms with Crippen molar-refractivity contribution in [2.24, 2.45) is 0 Å². The predicted molar refractivity (Wildman–Crippen MR) is 125 cm³/mol. The minimum absolute atomic E-state index is 0.385. The van der Waals surface area contributed by atoms with E-state index in [1.165, 1.54) is 0 Å². The molecule has 0 saturated heterocycles. The topological polar surface area (TPSA) is 59.2 Å². The Hall–Kier alpha value is -3.02. The number of fused-ring (bicyclic) bond motifs is 1. The van der Waals surface area contributed by atoms with Crippen molar-refractivity contribution in [3.8, 4) is 11.5 Å². The third kappa shape index (κ3) is 5.37. The van der Waals surface area contributed by atoms with Gasteiger partial charge in [-0.1, -0.05) is 54.1 Å². The average Bonchev–Trinajstić information content (AvgIpc) is 3.20. The normalized spacial score (nSPS) is 11.0. The zero-order chi connectivity index (χ0) is 21.5. The highest BCUT2D eigenvalue weighted by Gasteiger charge is 2.12. The van der Waals surface area contributed by atoms with Gasteiger partial charge < -0.3 is 19.8 Å². The van der Waals surface area contributed by atoms with Gasteiger partial charge in [0.1, 0.15) is 12.4 Å². The SMILES string of the molecule is CCOc1cccc(CNCCc2nc3ccccc3[nH]2)c1OCc1ccccc1Cl. The van der Waals surface area contributed by atoms with Crippen LogP contribution in [0.15, 0.2) is 66.7 Å². The summed E-state index contributed by atoms with van der Waals surface area (Å²) in [4.78, 5) is 8.00. The zero-order valence-corrected chi connectivity index (χ0v) is 18.3. The number of aromatic amines is 1. The van der Waals surface area contributed by atoms with E-state index in [4.69, 9.17) is 21.1 Å². The van der Waals surface area contributed by atoms with Crippen molar-refractivity contribution in [1.82, 2.24) is 15.3 Å². The number of imidazole rings is 1. The van der Waals surface area contributed by atoms with Crippen molar-refractivity contribution in [3.63, 3.8) is 0 Å². The van der Waals surface area contributed by atoms with Gasteiger partial charge in [-0.05, 0) is 31.2 Å². The number of aromatic nitrogens is 2. The molecule has 5 nitrogen and oxygen atoms in total. The van der Waals surface area contributed by atoms with Gasteiger partial charge in [0.15, 0.2) is 11.5 Å². The van der Waals surface area contributed by atoms with Gasteiger partial charge in [0, 0.05) is 35.7 Å². The van der Waals surface area contributed by atoms with Gasteiger partial charge in [0.25, 0.3) is 0 Å². The Morgan fingerprint density at radius 1 is 0.935 bits per heavy atom. The van der Waals surface area contributed by atoms with E-state index in [1.54, 1.807) is 0 Å². The van der Waals surface area contributed by atoms with Crippen LogP contribution < -0.4 is 14.8 Å². The third-order valence-corrected chi connectivity index (χ3v) is 5.35. The van der Waals surface area contributed by atoms with Gasteiger partial charge in [0.05, 0.1) is 17.6 Å². The first kappa shape index (κ1) is 21.2. The number of para-hydroxylation sites is 3. The van der Waals surface area contributed by atoms with Crippen LogP contribution in [-0.4, -0.2) is 23.1 Å². The number of nitrogens with one attached hydrogen (secondary N) is 2. The molecule has 0 bridgehead atoms. The van der Waals surface area contributed by atoms with Gasteiger partial charge in [0.2, 0.25) is 0 Å². The Labute approximate surface area is 187 Å². The van der Waals surface area contributed by atoms with Crippen molar-refractivity contribution in [3.05, 3.63) is 88.7 Å². The number of nitrogens with zero attached hydrogens (tertiary/aromatic N) is 1. The van der Waals surface area contributed by atoms with Crippen molar-refractivity contribution < 1.29 is 9.47 Å². The lowest BCUT2D eigenvalue weighted by molar-refractivity contribution is 0.266. The quantitative estimate of drug-likeness (QED) is 0.322. The van der Waals surface area contributed by atoms with Crippen LogP contribution >= 0.6 is 11.6 Å². The smallest absolute Gasteiger partial charge is 0.166 e. The number of rotatable bonds is 10. The molecule has 0 radical (unpaired) electrons. The van der Waals surface area contributed by atoms with Gasteiger partial charge in [-0.3, -0.25) is 0 Å². The average molecular weight is 436 g/mol. The van der Waals surface area contributed by atoms with E-state index in [0.29, 0.717) is 24.8 Å². The molecule has 6 heteroatoms. The summed E-state index contributed by atoms with van der Waals surface area (Å²) in [6.45, 7) is 4.39. The van der Waals surface area contributed by atoms with Gasteiger partial charge >= 0.3 is 0 Å². The molecule has 0 aliphatic heterocycles. The number of hydrogen-bond donors (Lipinski definition) is 2. The lowest BCUT2D eigenvalue weighted by atomic mass is 10.1. The van der Waals surface area contributed by atoms with E-state index >= 15 is 0 Å². The van der Waals surface area contributed by atoms with Crippen molar-refractivity contribution >= 4 is 22.6 Å². The van der Waals surface area contributed by atoms with E-state index < -0.39 is 0 Å². The fourth-order valence-electron chi connectivity index (χ4n) is 3.45. The highest BCUT2D eigenvalue weighted by molar-refractivity contribution is 6.31. The van der Waals surface area contributed by atoms with Crippen LogP contribution in [0.25, 0.3) is 11.0 Å². The molecule has 0 unspecified atom stereocenters. The summed E-state index contributed by atoms with van der Waals surface area (Å²) in [6.07, 6.45) is 0.815. The fraction of sp³-hybridized carbons (Fsp3) is 0.240. The Bertz CT molecular complexity index is 1110. The lowest BCUT2D eigenvalue weighted by Gasteiger charge is -2.17. The summed E-state index contributed by atoms with van der Waals surface area (Å²) in [6, 6.07) is 21.8. The molecule has 160 valence electrons. The maximum absolute atomic E-state index is 6.29. The van der Waals surface area contributed by atoms with Crippen molar-refractivity contribution in [2.75, 3.05) is 13.2 Å². The zero-order valence-electron chi connectivity index (χ0n) is 17.5. The van der Waals surface area contributed by atoms with Crippen LogP contribution in [0.5, 0.6) is 11.5 Å².